The molecular formula is C10H13ClN2O3. The van der Waals surface area contributed by atoms with E-state index in [0.29, 0.717) is 0 Å². The molecule has 1 unspecified atom stereocenters. The molecule has 1 atom stereocenters. The Balaban J connectivity index is 2.45. The van der Waals surface area contributed by atoms with E-state index < -0.39 is 11.5 Å². The molecule has 0 aliphatic heterocycles. The van der Waals surface area contributed by atoms with Crippen molar-refractivity contribution < 1.29 is 14.3 Å². The molecule has 0 radical (unpaired) electrons. The summed E-state index contributed by atoms with van der Waals surface area (Å²) in [7, 11) is 2.86. The zero-order chi connectivity index (χ0) is 12.0. The minimum Gasteiger partial charge on any atom is -0.497 e. The Labute approximate surface area is 98.7 Å². The van der Waals surface area contributed by atoms with Crippen molar-refractivity contribution >= 4 is 23.3 Å². The fraction of sp³-hybridized carbons (Fsp3) is 0.300. The molecule has 0 saturated carbocycles. The lowest BCUT2D eigenvalue weighted by Gasteiger charge is -2.12. The molecule has 88 valence electrons. The van der Waals surface area contributed by atoms with Crippen LogP contribution in [0.3, 0.4) is 0 Å². The first-order valence-electron chi connectivity index (χ1n) is 4.55. The van der Waals surface area contributed by atoms with E-state index in [4.69, 9.17) is 16.3 Å². The lowest BCUT2D eigenvalue weighted by molar-refractivity contribution is -0.140. The lowest BCUT2D eigenvalue weighted by Crippen LogP contribution is -2.36. The SMILES string of the molecule is COC(=O)C(Cl)NNc1ccc(OC)cc1. The average molecular weight is 245 g/mol. The number of carbonyl (C=O) groups is 1. The zero-order valence-electron chi connectivity index (χ0n) is 8.99. The van der Waals surface area contributed by atoms with Crippen LogP contribution >= 0.6 is 11.6 Å². The average Bonchev–Trinajstić information content (AvgIpc) is 2.35. The first-order chi connectivity index (χ1) is 7.67. The number of esters is 1. The summed E-state index contributed by atoms with van der Waals surface area (Å²) in [5.41, 5.74) is 5.18. The van der Waals surface area contributed by atoms with Crippen LogP contribution < -0.4 is 15.6 Å². The van der Waals surface area contributed by atoms with Crippen LogP contribution in [0, 0.1) is 0 Å². The van der Waals surface area contributed by atoms with Gasteiger partial charge >= 0.3 is 5.97 Å². The normalized spacial score (nSPS) is 11.7. The molecule has 6 heteroatoms. The monoisotopic (exact) mass is 244 g/mol. The Hall–Kier alpha value is -1.46. The molecule has 0 spiro atoms. The summed E-state index contributed by atoms with van der Waals surface area (Å²) in [6.45, 7) is 0. The number of hydrogen-bond donors (Lipinski definition) is 2. The predicted octanol–water partition coefficient (Wildman–Crippen LogP) is 1.35. The van der Waals surface area contributed by atoms with Gasteiger partial charge in [-0.1, -0.05) is 11.6 Å². The number of rotatable bonds is 5. The summed E-state index contributed by atoms with van der Waals surface area (Å²) in [5, 5.41) is 0. The molecule has 0 saturated heterocycles. The van der Waals surface area contributed by atoms with Gasteiger partial charge in [-0.05, 0) is 24.3 Å². The topological polar surface area (TPSA) is 59.6 Å². The number of hydrogen-bond acceptors (Lipinski definition) is 5. The van der Waals surface area contributed by atoms with Crippen LogP contribution in [0.25, 0.3) is 0 Å². The van der Waals surface area contributed by atoms with E-state index in [0.717, 1.165) is 11.4 Å². The van der Waals surface area contributed by atoms with Gasteiger partial charge in [0.2, 0.25) is 0 Å². The number of hydrazine groups is 1. The van der Waals surface area contributed by atoms with Gasteiger partial charge in [0.25, 0.3) is 0 Å². The van der Waals surface area contributed by atoms with Crippen LogP contribution in [0.2, 0.25) is 0 Å². The fourth-order valence-corrected chi connectivity index (χ4v) is 1.13. The summed E-state index contributed by atoms with van der Waals surface area (Å²) in [4.78, 5) is 11.0. The van der Waals surface area contributed by atoms with Gasteiger partial charge in [0.05, 0.1) is 14.2 Å². The molecular weight excluding hydrogens is 232 g/mol. The van der Waals surface area contributed by atoms with Crippen molar-refractivity contribution in [1.82, 2.24) is 5.43 Å². The van der Waals surface area contributed by atoms with Gasteiger partial charge < -0.3 is 14.9 Å². The summed E-state index contributed by atoms with van der Waals surface area (Å²) >= 11 is 5.67. The Bertz CT molecular complexity index is 342. The van der Waals surface area contributed by atoms with Gasteiger partial charge in [0.15, 0.2) is 5.50 Å². The van der Waals surface area contributed by atoms with Crippen LogP contribution in [-0.4, -0.2) is 25.7 Å². The Kier molecular flexibility index (Phi) is 4.88. The Morgan fingerprint density at radius 2 is 1.94 bits per heavy atom. The minimum atomic E-state index is -0.938. The van der Waals surface area contributed by atoms with E-state index in [1.165, 1.54) is 7.11 Å². The quantitative estimate of drug-likeness (QED) is 0.354. The van der Waals surface area contributed by atoms with E-state index in [1.54, 1.807) is 31.4 Å². The van der Waals surface area contributed by atoms with Gasteiger partial charge in [-0.15, -0.1) is 0 Å². The first-order valence-corrected chi connectivity index (χ1v) is 4.98. The van der Waals surface area contributed by atoms with E-state index in [-0.39, 0.29) is 0 Å². The largest absolute Gasteiger partial charge is 0.497 e. The van der Waals surface area contributed by atoms with Crippen molar-refractivity contribution in [2.75, 3.05) is 19.6 Å². The maximum absolute atomic E-state index is 11.0. The number of alkyl halides is 1. The Morgan fingerprint density at radius 3 is 2.44 bits per heavy atom. The number of anilines is 1. The van der Waals surface area contributed by atoms with E-state index in [2.05, 4.69) is 15.6 Å². The highest BCUT2D eigenvalue weighted by Crippen LogP contribution is 2.14. The van der Waals surface area contributed by atoms with Crippen LogP contribution in [-0.2, 0) is 9.53 Å². The second kappa shape index (κ2) is 6.19. The number of nitrogens with one attached hydrogen (secondary N) is 2. The van der Waals surface area contributed by atoms with Crippen molar-refractivity contribution in [1.29, 1.82) is 0 Å². The highest BCUT2D eigenvalue weighted by molar-refractivity contribution is 6.29. The third-order valence-corrected chi connectivity index (χ3v) is 2.13. The highest BCUT2D eigenvalue weighted by Gasteiger charge is 2.13. The number of halogens is 1. The van der Waals surface area contributed by atoms with Crippen LogP contribution in [0.15, 0.2) is 24.3 Å². The predicted molar refractivity (Wildman–Crippen MR) is 61.4 cm³/mol. The lowest BCUT2D eigenvalue weighted by atomic mass is 10.3. The molecule has 0 fully saturated rings. The fourth-order valence-electron chi connectivity index (χ4n) is 0.983. The molecule has 0 heterocycles. The van der Waals surface area contributed by atoms with Gasteiger partial charge in [-0.2, -0.15) is 0 Å². The summed E-state index contributed by atoms with van der Waals surface area (Å²) < 4.78 is 9.45. The molecule has 1 rings (SSSR count). The van der Waals surface area contributed by atoms with Crippen molar-refractivity contribution in [3.8, 4) is 5.75 Å². The van der Waals surface area contributed by atoms with Crippen molar-refractivity contribution in [2.45, 2.75) is 5.50 Å². The van der Waals surface area contributed by atoms with Gasteiger partial charge in [-0.3, -0.25) is 0 Å². The van der Waals surface area contributed by atoms with E-state index in [1.807, 2.05) is 0 Å². The van der Waals surface area contributed by atoms with E-state index in [9.17, 15) is 4.79 Å². The number of ether oxygens (including phenoxy) is 2. The third kappa shape index (κ3) is 3.60. The number of benzene rings is 1. The smallest absolute Gasteiger partial charge is 0.340 e. The van der Waals surface area contributed by atoms with Gasteiger partial charge in [0.1, 0.15) is 5.75 Å². The molecule has 0 amide bonds. The number of methoxy groups -OCH3 is 2. The molecule has 1 aromatic carbocycles. The molecule has 5 nitrogen and oxygen atoms in total. The maximum Gasteiger partial charge on any atom is 0.340 e. The summed E-state index contributed by atoms with van der Waals surface area (Å²) in [6, 6.07) is 7.14. The van der Waals surface area contributed by atoms with Gasteiger partial charge in [-0.25, -0.2) is 10.2 Å². The standard InChI is InChI=1S/C10H13ClN2O3/c1-15-8-5-3-7(4-6-8)12-13-9(11)10(14)16-2/h3-6,9,12-13H,1-2H3. The number of carbonyl (C=O) groups excluding carboxylic acids is 1. The summed E-state index contributed by atoms with van der Waals surface area (Å²) in [5.74, 6) is 0.198. The molecule has 0 aliphatic carbocycles. The second-order valence-electron chi connectivity index (χ2n) is 2.88. The van der Waals surface area contributed by atoms with Gasteiger partial charge in [0, 0.05) is 5.69 Å². The minimum absolute atomic E-state index is 0.553. The molecule has 1 aromatic rings. The van der Waals surface area contributed by atoms with Crippen molar-refractivity contribution in [3.63, 3.8) is 0 Å². The highest BCUT2D eigenvalue weighted by atomic mass is 35.5. The molecule has 16 heavy (non-hydrogen) atoms. The first kappa shape index (κ1) is 12.6. The van der Waals surface area contributed by atoms with Crippen LogP contribution in [0.4, 0.5) is 5.69 Å². The zero-order valence-corrected chi connectivity index (χ0v) is 9.75. The molecule has 0 aliphatic rings. The van der Waals surface area contributed by atoms with Crippen LogP contribution in [0.1, 0.15) is 0 Å². The molecule has 0 bridgehead atoms. The molecule has 0 aromatic heterocycles. The van der Waals surface area contributed by atoms with Crippen molar-refractivity contribution in [3.05, 3.63) is 24.3 Å². The third-order valence-electron chi connectivity index (χ3n) is 1.84. The van der Waals surface area contributed by atoms with Crippen LogP contribution in [0.5, 0.6) is 5.75 Å². The second-order valence-corrected chi connectivity index (χ2v) is 3.32. The summed E-state index contributed by atoms with van der Waals surface area (Å²) in [6.07, 6.45) is 0. The maximum atomic E-state index is 11.0. The molecule has 2 N–H and O–H groups in total. The van der Waals surface area contributed by atoms with Crippen molar-refractivity contribution in [2.24, 2.45) is 0 Å². The van der Waals surface area contributed by atoms with E-state index >= 15 is 0 Å². The Morgan fingerprint density at radius 1 is 1.31 bits per heavy atom.